The van der Waals surface area contributed by atoms with Gasteiger partial charge in [0, 0.05) is 0 Å². The highest BCUT2D eigenvalue weighted by Crippen LogP contribution is 2.49. The zero-order valence-electron chi connectivity index (χ0n) is 19.1. The molecular weight excluding hydrogens is 396 g/mol. The molecule has 1 saturated carbocycles. The third-order valence-electron chi connectivity index (χ3n) is 7.54. The Morgan fingerprint density at radius 3 is 2.16 bits per heavy atom. The minimum atomic E-state index is -0.717. The van der Waals surface area contributed by atoms with Gasteiger partial charge in [0.15, 0.2) is 0 Å². The second-order valence-electron chi connectivity index (χ2n) is 9.60. The van der Waals surface area contributed by atoms with Crippen LogP contribution in [-0.4, -0.2) is 17.2 Å². The lowest BCUT2D eigenvalue weighted by molar-refractivity contribution is -0.140. The molecule has 0 radical (unpaired) electrons. The molecule has 0 aliphatic heterocycles. The molecule has 3 aromatic carbocycles. The van der Waals surface area contributed by atoms with Crippen molar-refractivity contribution < 1.29 is 14.6 Å². The van der Waals surface area contributed by atoms with Crippen LogP contribution in [0.1, 0.15) is 51.8 Å². The van der Waals surface area contributed by atoms with E-state index in [9.17, 15) is 9.90 Å². The molecule has 164 valence electrons. The van der Waals surface area contributed by atoms with Crippen molar-refractivity contribution in [1.29, 1.82) is 0 Å². The van der Waals surface area contributed by atoms with Crippen LogP contribution in [0.3, 0.4) is 0 Å². The summed E-state index contributed by atoms with van der Waals surface area (Å²) >= 11 is 0. The summed E-state index contributed by atoms with van der Waals surface area (Å²) in [5.41, 5.74) is 10.2. The summed E-state index contributed by atoms with van der Waals surface area (Å²) < 4.78 is 6.42. The zero-order chi connectivity index (χ0) is 22.5. The Labute approximate surface area is 190 Å². The Bertz CT molecular complexity index is 1150. The van der Waals surface area contributed by atoms with Gasteiger partial charge in [0.25, 0.3) is 0 Å². The summed E-state index contributed by atoms with van der Waals surface area (Å²) in [5, 5.41) is 9.81. The average Bonchev–Trinajstić information content (AvgIpc) is 3.49. The summed E-state index contributed by atoms with van der Waals surface area (Å²) in [6, 6.07) is 19.2. The Morgan fingerprint density at radius 1 is 0.969 bits per heavy atom. The molecule has 0 spiro atoms. The Hall–Kier alpha value is -2.91. The van der Waals surface area contributed by atoms with Crippen LogP contribution in [0.15, 0.2) is 54.6 Å². The first-order chi connectivity index (χ1) is 15.4. The molecule has 0 bridgehead atoms. The average molecular weight is 427 g/mol. The van der Waals surface area contributed by atoms with E-state index in [4.69, 9.17) is 4.74 Å². The highest BCUT2D eigenvalue weighted by molar-refractivity contribution is 5.85. The van der Waals surface area contributed by atoms with E-state index in [1.807, 2.05) is 6.07 Å². The van der Waals surface area contributed by atoms with E-state index in [1.54, 1.807) is 0 Å². The zero-order valence-corrected chi connectivity index (χ0v) is 19.1. The van der Waals surface area contributed by atoms with Gasteiger partial charge < -0.3 is 9.84 Å². The summed E-state index contributed by atoms with van der Waals surface area (Å²) in [7, 11) is 0. The van der Waals surface area contributed by atoms with Gasteiger partial charge in [0.05, 0.1) is 18.1 Å². The van der Waals surface area contributed by atoms with Gasteiger partial charge in [0.1, 0.15) is 0 Å². The van der Waals surface area contributed by atoms with Gasteiger partial charge in [-0.25, -0.2) is 0 Å². The van der Waals surface area contributed by atoms with Crippen molar-refractivity contribution in [2.75, 3.05) is 0 Å². The Morgan fingerprint density at radius 2 is 1.59 bits per heavy atom. The molecule has 0 atom stereocenters. The number of aliphatic carboxylic acids is 1. The predicted molar refractivity (Wildman–Crippen MR) is 127 cm³/mol. The Balaban J connectivity index is 1.48. The van der Waals surface area contributed by atoms with Crippen LogP contribution < -0.4 is 0 Å². The topological polar surface area (TPSA) is 46.5 Å². The lowest BCUT2D eigenvalue weighted by Gasteiger charge is -2.19. The van der Waals surface area contributed by atoms with Crippen molar-refractivity contribution in [3.8, 4) is 11.1 Å². The van der Waals surface area contributed by atoms with Gasteiger partial charge in [-0.2, -0.15) is 0 Å². The minimum absolute atomic E-state index is 0.166. The van der Waals surface area contributed by atoms with Crippen LogP contribution in [-0.2, 0) is 34.4 Å². The quantitative estimate of drug-likeness (QED) is 0.520. The minimum Gasteiger partial charge on any atom is -0.481 e. The molecule has 2 aliphatic carbocycles. The third kappa shape index (κ3) is 3.65. The first kappa shape index (κ1) is 21.0. The number of carboxylic acid groups (broad SMARTS) is 1. The van der Waals surface area contributed by atoms with Gasteiger partial charge in [-0.3, -0.25) is 4.79 Å². The van der Waals surface area contributed by atoms with Crippen LogP contribution in [0.5, 0.6) is 0 Å². The summed E-state index contributed by atoms with van der Waals surface area (Å²) in [4.78, 5) is 11.9. The van der Waals surface area contributed by atoms with E-state index < -0.39 is 11.4 Å². The maximum atomic E-state index is 11.9. The maximum absolute atomic E-state index is 11.9. The molecule has 5 rings (SSSR count). The molecule has 0 aromatic heterocycles. The van der Waals surface area contributed by atoms with Crippen molar-refractivity contribution in [1.82, 2.24) is 0 Å². The van der Waals surface area contributed by atoms with Crippen molar-refractivity contribution in [2.45, 2.75) is 64.6 Å². The van der Waals surface area contributed by atoms with Crippen molar-refractivity contribution >= 4 is 5.97 Å². The molecule has 3 heteroatoms. The van der Waals surface area contributed by atoms with E-state index >= 15 is 0 Å². The second-order valence-corrected chi connectivity index (χ2v) is 9.60. The molecular formula is C29H30O3. The summed E-state index contributed by atoms with van der Waals surface area (Å²) in [5.74, 6) is -0.717. The number of rotatable bonds is 6. The van der Waals surface area contributed by atoms with Gasteiger partial charge in [-0.05, 0) is 96.5 Å². The van der Waals surface area contributed by atoms with Gasteiger partial charge in [-0.15, -0.1) is 0 Å². The SMILES string of the molecule is Cc1cc(-c2ccc(C3(C(=O)O)CC3)cc2COC2Cc3ccccc3C2)cc(C)c1C. The third-order valence-corrected chi connectivity index (χ3v) is 7.54. The number of hydrogen-bond donors (Lipinski definition) is 1. The molecule has 32 heavy (non-hydrogen) atoms. The van der Waals surface area contributed by atoms with E-state index in [2.05, 4.69) is 69.3 Å². The molecule has 0 saturated heterocycles. The smallest absolute Gasteiger partial charge is 0.314 e. The van der Waals surface area contributed by atoms with E-state index in [0.29, 0.717) is 19.4 Å². The first-order valence-corrected chi connectivity index (χ1v) is 11.5. The van der Waals surface area contributed by atoms with Crippen LogP contribution in [0, 0.1) is 20.8 Å². The van der Waals surface area contributed by atoms with E-state index in [0.717, 1.165) is 29.5 Å². The van der Waals surface area contributed by atoms with Crippen molar-refractivity contribution in [3.05, 3.63) is 93.5 Å². The summed E-state index contributed by atoms with van der Waals surface area (Å²) in [6.45, 7) is 6.94. The van der Waals surface area contributed by atoms with Gasteiger partial charge >= 0.3 is 5.97 Å². The lowest BCUT2D eigenvalue weighted by atomic mass is 9.89. The Kier molecular flexibility index (Phi) is 5.17. The second kappa shape index (κ2) is 7.90. The molecule has 0 heterocycles. The van der Waals surface area contributed by atoms with Gasteiger partial charge in [-0.1, -0.05) is 54.6 Å². The molecule has 0 amide bonds. The number of aryl methyl sites for hydroxylation is 2. The lowest BCUT2D eigenvalue weighted by Crippen LogP contribution is -2.20. The largest absolute Gasteiger partial charge is 0.481 e. The molecule has 2 aliphatic rings. The molecule has 1 fully saturated rings. The summed E-state index contributed by atoms with van der Waals surface area (Å²) in [6.07, 6.45) is 3.46. The van der Waals surface area contributed by atoms with Crippen molar-refractivity contribution in [3.63, 3.8) is 0 Å². The van der Waals surface area contributed by atoms with Crippen LogP contribution in [0.2, 0.25) is 0 Å². The van der Waals surface area contributed by atoms with Gasteiger partial charge in [0.2, 0.25) is 0 Å². The van der Waals surface area contributed by atoms with Crippen LogP contribution in [0.4, 0.5) is 0 Å². The van der Waals surface area contributed by atoms with E-state index in [1.165, 1.54) is 33.4 Å². The highest BCUT2D eigenvalue weighted by atomic mass is 16.5. The van der Waals surface area contributed by atoms with Crippen LogP contribution >= 0.6 is 0 Å². The maximum Gasteiger partial charge on any atom is 0.314 e. The number of fused-ring (bicyclic) bond motifs is 1. The van der Waals surface area contributed by atoms with E-state index in [-0.39, 0.29) is 6.10 Å². The standard InChI is InChI=1S/C29H30O3/c1-18-12-23(13-19(2)20(18)3)27-9-8-25(29(10-11-29)28(30)31)14-24(27)17-32-26-15-21-6-4-5-7-22(21)16-26/h4-9,12-14,26H,10-11,15-17H2,1-3H3,(H,30,31). The fourth-order valence-corrected chi connectivity index (χ4v) is 5.08. The van der Waals surface area contributed by atoms with Crippen LogP contribution in [0.25, 0.3) is 11.1 Å². The number of carbonyl (C=O) groups is 1. The molecule has 3 aromatic rings. The predicted octanol–water partition coefficient (Wildman–Crippen LogP) is 6.08. The number of carboxylic acids is 1. The molecule has 1 N–H and O–H groups in total. The monoisotopic (exact) mass is 426 g/mol. The molecule has 3 nitrogen and oxygen atoms in total. The number of benzene rings is 3. The number of ether oxygens (including phenoxy) is 1. The normalized spacial score (nSPS) is 16.7. The highest BCUT2D eigenvalue weighted by Gasteiger charge is 2.51. The van der Waals surface area contributed by atoms with Crippen molar-refractivity contribution in [2.24, 2.45) is 0 Å². The number of hydrogen-bond acceptors (Lipinski definition) is 2. The first-order valence-electron chi connectivity index (χ1n) is 11.5. The molecule has 0 unspecified atom stereocenters. The fraction of sp³-hybridized carbons (Fsp3) is 0.345. The fourth-order valence-electron chi connectivity index (χ4n) is 5.08.